The molecule has 226 valence electrons. The molecule has 0 saturated carbocycles. The lowest BCUT2D eigenvalue weighted by Crippen LogP contribution is -2.43. The van der Waals surface area contributed by atoms with E-state index in [9.17, 15) is 0 Å². The van der Waals surface area contributed by atoms with E-state index in [1.807, 2.05) is 47.7 Å². The number of hydrogen-bond acceptors (Lipinski definition) is 4. The van der Waals surface area contributed by atoms with Crippen molar-refractivity contribution in [3.05, 3.63) is 139 Å². The molecule has 0 fully saturated rings. The van der Waals surface area contributed by atoms with Crippen LogP contribution >= 0.6 is 11.3 Å². The van der Waals surface area contributed by atoms with E-state index in [1.165, 1.54) is 53.2 Å². The van der Waals surface area contributed by atoms with Crippen LogP contribution in [0.2, 0.25) is 0 Å². The second-order valence-corrected chi connectivity index (χ2v) is 14.8. The molecule has 1 aliphatic rings. The zero-order valence-electron chi connectivity index (χ0n) is 26.9. The highest BCUT2D eigenvalue weighted by Crippen LogP contribution is 2.57. The molecule has 2 aromatic heterocycles. The van der Waals surface area contributed by atoms with Gasteiger partial charge in [0.2, 0.25) is 0 Å². The van der Waals surface area contributed by atoms with Crippen molar-refractivity contribution < 1.29 is 0 Å². The Morgan fingerprint density at radius 1 is 0.468 bits per heavy atom. The molecule has 4 heteroatoms. The molecule has 8 aromatic rings. The Labute approximate surface area is 278 Å². The molecule has 1 aliphatic carbocycles. The van der Waals surface area contributed by atoms with Crippen molar-refractivity contribution in [2.75, 3.05) is 0 Å². The van der Waals surface area contributed by atoms with E-state index in [-0.39, 0.29) is 10.8 Å². The minimum Gasteiger partial charge on any atom is -0.208 e. The molecule has 0 radical (unpaired) electrons. The maximum atomic E-state index is 5.09. The Morgan fingerprint density at radius 3 is 1.64 bits per heavy atom. The van der Waals surface area contributed by atoms with Gasteiger partial charge in [-0.05, 0) is 68.1 Å². The summed E-state index contributed by atoms with van der Waals surface area (Å²) >= 11 is 1.89. The first kappa shape index (κ1) is 28.1. The highest BCUT2D eigenvalue weighted by Gasteiger charge is 2.46. The van der Waals surface area contributed by atoms with E-state index >= 15 is 0 Å². The van der Waals surface area contributed by atoms with E-state index < -0.39 is 0 Å². The van der Waals surface area contributed by atoms with Crippen LogP contribution in [0.5, 0.6) is 0 Å². The van der Waals surface area contributed by atoms with Crippen LogP contribution in [0.25, 0.3) is 76.2 Å². The van der Waals surface area contributed by atoms with Gasteiger partial charge in [0.15, 0.2) is 17.5 Å². The van der Waals surface area contributed by atoms with E-state index in [2.05, 4.69) is 119 Å². The molecule has 2 heterocycles. The summed E-state index contributed by atoms with van der Waals surface area (Å²) in [5, 5.41) is 5.22. The normalized spacial score (nSPS) is 14.7. The molecule has 47 heavy (non-hydrogen) atoms. The highest BCUT2D eigenvalue weighted by molar-refractivity contribution is 7.26. The van der Waals surface area contributed by atoms with Crippen LogP contribution in [-0.4, -0.2) is 15.0 Å². The van der Waals surface area contributed by atoms with Crippen molar-refractivity contribution in [3.8, 4) is 45.3 Å². The molecule has 0 spiro atoms. The number of nitrogens with zero attached hydrogens (tertiary/aromatic N) is 3. The third-order valence-electron chi connectivity index (χ3n) is 10.7. The number of benzene rings is 6. The summed E-state index contributed by atoms with van der Waals surface area (Å²) in [5.74, 6) is 2.03. The first-order valence-electron chi connectivity index (χ1n) is 16.2. The summed E-state index contributed by atoms with van der Waals surface area (Å²) in [5.41, 5.74) is 8.08. The molecule has 0 aliphatic heterocycles. The average molecular weight is 624 g/mol. The Hall–Kier alpha value is -5.19. The van der Waals surface area contributed by atoms with Gasteiger partial charge in [-0.3, -0.25) is 0 Å². The minimum absolute atomic E-state index is 0.0930. The van der Waals surface area contributed by atoms with Gasteiger partial charge in [0.1, 0.15) is 0 Å². The van der Waals surface area contributed by atoms with Crippen molar-refractivity contribution in [1.82, 2.24) is 15.0 Å². The van der Waals surface area contributed by atoms with Gasteiger partial charge in [0.25, 0.3) is 0 Å². The molecule has 9 rings (SSSR count). The molecule has 6 aromatic carbocycles. The molecule has 0 atom stereocenters. The number of rotatable bonds is 3. The third kappa shape index (κ3) is 4.21. The van der Waals surface area contributed by atoms with Crippen molar-refractivity contribution in [3.63, 3.8) is 0 Å². The highest BCUT2D eigenvalue weighted by atomic mass is 32.1. The third-order valence-corrected chi connectivity index (χ3v) is 11.8. The van der Waals surface area contributed by atoms with Gasteiger partial charge in [0.05, 0.1) is 0 Å². The minimum atomic E-state index is -0.108. The summed E-state index contributed by atoms with van der Waals surface area (Å²) in [7, 11) is 0. The molecule has 0 bridgehead atoms. The first-order valence-corrected chi connectivity index (χ1v) is 17.0. The lowest BCUT2D eigenvalue weighted by molar-refractivity contribution is 0.299. The summed E-state index contributed by atoms with van der Waals surface area (Å²) < 4.78 is 2.64. The maximum Gasteiger partial charge on any atom is 0.164 e. The molecule has 0 amide bonds. The average Bonchev–Trinajstić information content (AvgIpc) is 3.47. The van der Waals surface area contributed by atoms with Gasteiger partial charge in [-0.15, -0.1) is 11.3 Å². The Morgan fingerprint density at radius 2 is 1.00 bits per heavy atom. The summed E-state index contributed by atoms with van der Waals surface area (Å²) in [6.07, 6.45) is 0. The molecule has 0 saturated heterocycles. The van der Waals surface area contributed by atoms with Gasteiger partial charge in [0, 0.05) is 36.9 Å². The molecular weight excluding hydrogens is 591 g/mol. The number of thiophene rings is 1. The summed E-state index contributed by atoms with van der Waals surface area (Å²) in [6.45, 7) is 9.59. The van der Waals surface area contributed by atoms with Gasteiger partial charge in [-0.2, -0.15) is 0 Å². The van der Waals surface area contributed by atoms with Gasteiger partial charge < -0.3 is 0 Å². The van der Waals surface area contributed by atoms with E-state index in [1.54, 1.807) is 0 Å². The van der Waals surface area contributed by atoms with Crippen molar-refractivity contribution in [2.45, 2.75) is 38.5 Å². The zero-order chi connectivity index (χ0) is 31.9. The predicted octanol–water partition coefficient (Wildman–Crippen LogP) is 11.6. The number of fused-ring (bicyclic) bond motifs is 8. The fourth-order valence-corrected chi connectivity index (χ4v) is 8.54. The summed E-state index contributed by atoms with van der Waals surface area (Å²) in [4.78, 5) is 15.1. The number of aromatic nitrogens is 3. The Kier molecular flexibility index (Phi) is 6.06. The molecular formula is C43H33N3S. The first-order chi connectivity index (χ1) is 22.8. The van der Waals surface area contributed by atoms with Crippen LogP contribution in [0, 0.1) is 0 Å². The molecule has 3 nitrogen and oxygen atoms in total. The van der Waals surface area contributed by atoms with E-state index in [0.717, 1.165) is 16.7 Å². The zero-order valence-corrected chi connectivity index (χ0v) is 27.7. The van der Waals surface area contributed by atoms with Crippen LogP contribution in [0.3, 0.4) is 0 Å². The molecule has 0 unspecified atom stereocenters. The van der Waals surface area contributed by atoms with Crippen LogP contribution in [0.15, 0.2) is 127 Å². The summed E-state index contributed by atoms with van der Waals surface area (Å²) in [6, 6.07) is 45.4. The van der Waals surface area contributed by atoms with Crippen molar-refractivity contribution >= 4 is 42.3 Å². The fraction of sp³-hybridized carbons (Fsp3) is 0.140. The lowest BCUT2D eigenvalue weighted by atomic mass is 9.55. The fourth-order valence-electron chi connectivity index (χ4n) is 7.40. The van der Waals surface area contributed by atoms with E-state index in [4.69, 9.17) is 15.0 Å². The van der Waals surface area contributed by atoms with Gasteiger partial charge in [-0.1, -0.05) is 131 Å². The Balaban J connectivity index is 1.33. The second-order valence-electron chi connectivity index (χ2n) is 13.7. The van der Waals surface area contributed by atoms with Gasteiger partial charge in [-0.25, -0.2) is 15.0 Å². The van der Waals surface area contributed by atoms with Gasteiger partial charge >= 0.3 is 0 Å². The lowest BCUT2D eigenvalue weighted by Gasteiger charge is -2.48. The van der Waals surface area contributed by atoms with Crippen LogP contribution < -0.4 is 0 Å². The second kappa shape index (κ2) is 10.2. The van der Waals surface area contributed by atoms with Crippen molar-refractivity contribution in [2.24, 2.45) is 0 Å². The standard InChI is InChI=1S/C43H33N3S/c1-42(2)33-20-19-30(41-45-39(26-13-7-5-8-14-26)44-40(46-41)27-15-9-6-10-16-27)24-31(33)37-34(43(42,3)4)21-22-35-38(37)32-23-28-17-11-12-18-29(28)25-36(32)47-35/h5-25H,1-4H3. The van der Waals surface area contributed by atoms with Crippen LogP contribution in [0.4, 0.5) is 0 Å². The predicted molar refractivity (Wildman–Crippen MR) is 198 cm³/mol. The smallest absolute Gasteiger partial charge is 0.164 e. The van der Waals surface area contributed by atoms with E-state index in [0.29, 0.717) is 17.5 Å². The van der Waals surface area contributed by atoms with Crippen LogP contribution in [-0.2, 0) is 10.8 Å². The SMILES string of the molecule is CC1(C)c2ccc(-c3nc(-c4ccccc4)nc(-c4ccccc4)n3)cc2-c2c(ccc3sc4cc5ccccc5cc4c23)C1(C)C. The quantitative estimate of drug-likeness (QED) is 0.197. The molecule has 0 N–H and O–H groups in total. The largest absolute Gasteiger partial charge is 0.208 e. The Bertz CT molecular complexity index is 2450. The number of hydrogen-bond donors (Lipinski definition) is 0. The monoisotopic (exact) mass is 623 g/mol. The maximum absolute atomic E-state index is 5.09. The van der Waals surface area contributed by atoms with Crippen LogP contribution in [0.1, 0.15) is 38.8 Å². The topological polar surface area (TPSA) is 38.7 Å². The van der Waals surface area contributed by atoms with Crippen molar-refractivity contribution in [1.29, 1.82) is 0 Å².